The summed E-state index contributed by atoms with van der Waals surface area (Å²) < 4.78 is 8.99. The number of ether oxygens (including phenoxy) is 1. The Morgan fingerprint density at radius 2 is 1.77 bits per heavy atom. The summed E-state index contributed by atoms with van der Waals surface area (Å²) in [5.74, 6) is 3.52. The van der Waals surface area contributed by atoms with Crippen LogP contribution >= 0.6 is 0 Å². The van der Waals surface area contributed by atoms with Crippen LogP contribution in [-0.2, 0) is 0 Å². The molecule has 0 radical (unpaired) electrons. The maximum Gasteiger partial charge on any atom is 0.144 e. The summed E-state index contributed by atoms with van der Waals surface area (Å²) in [7, 11) is 0. The van der Waals surface area contributed by atoms with Gasteiger partial charge in [0.15, 0.2) is 0 Å². The average molecular weight is 401 g/mol. The lowest BCUT2D eigenvalue weighted by molar-refractivity contribution is 0.162. The van der Waals surface area contributed by atoms with Crippen molar-refractivity contribution in [2.24, 2.45) is 0 Å². The lowest BCUT2D eigenvalue weighted by atomic mass is 9.80. The molecule has 0 saturated heterocycles. The van der Waals surface area contributed by atoms with Gasteiger partial charge in [0.05, 0.1) is 5.69 Å². The van der Waals surface area contributed by atoms with Crippen LogP contribution in [0, 0.1) is 0 Å². The van der Waals surface area contributed by atoms with E-state index >= 15 is 0 Å². The first-order chi connectivity index (χ1) is 14.6. The van der Waals surface area contributed by atoms with E-state index in [9.17, 15) is 0 Å². The van der Waals surface area contributed by atoms with Crippen LogP contribution in [0.2, 0.25) is 0 Å². The molecule has 3 nitrogen and oxygen atoms in total. The van der Waals surface area contributed by atoms with Crippen molar-refractivity contribution in [2.75, 3.05) is 0 Å². The SMILES string of the molecule is CC(C)c1cc2c(c(C(C)C)c1-n1ccnc1-c1ccccc1)OC1CCCCC21. The van der Waals surface area contributed by atoms with Crippen molar-refractivity contribution in [1.29, 1.82) is 0 Å². The summed E-state index contributed by atoms with van der Waals surface area (Å²) in [4.78, 5) is 4.75. The van der Waals surface area contributed by atoms with Gasteiger partial charge >= 0.3 is 0 Å². The van der Waals surface area contributed by atoms with E-state index < -0.39 is 0 Å². The number of nitrogens with zero attached hydrogens (tertiary/aromatic N) is 2. The summed E-state index contributed by atoms with van der Waals surface area (Å²) in [6, 6.07) is 13.0. The zero-order chi connectivity index (χ0) is 20.8. The summed E-state index contributed by atoms with van der Waals surface area (Å²) in [5, 5.41) is 0. The van der Waals surface area contributed by atoms with Crippen LogP contribution in [0.4, 0.5) is 0 Å². The highest BCUT2D eigenvalue weighted by atomic mass is 16.5. The van der Waals surface area contributed by atoms with Gasteiger partial charge in [-0.1, -0.05) is 64.4 Å². The smallest absolute Gasteiger partial charge is 0.144 e. The number of fused-ring (bicyclic) bond motifs is 3. The molecule has 3 aromatic rings. The van der Waals surface area contributed by atoms with Gasteiger partial charge in [0.25, 0.3) is 0 Å². The Hall–Kier alpha value is -2.55. The third-order valence-electron chi connectivity index (χ3n) is 6.83. The van der Waals surface area contributed by atoms with Crippen molar-refractivity contribution >= 4 is 0 Å². The van der Waals surface area contributed by atoms with E-state index in [0.717, 1.165) is 17.1 Å². The fraction of sp³-hybridized carbons (Fsp3) is 0.444. The highest BCUT2D eigenvalue weighted by molar-refractivity contribution is 5.67. The number of imidazole rings is 1. The molecule has 156 valence electrons. The number of benzene rings is 2. The molecule has 0 amide bonds. The van der Waals surface area contributed by atoms with Gasteiger partial charge in [-0.15, -0.1) is 0 Å². The second-order valence-corrected chi connectivity index (χ2v) is 9.49. The van der Waals surface area contributed by atoms with Crippen molar-refractivity contribution in [3.8, 4) is 22.8 Å². The van der Waals surface area contributed by atoms with Crippen LogP contribution in [-0.4, -0.2) is 15.7 Å². The predicted molar refractivity (Wildman–Crippen MR) is 123 cm³/mol. The van der Waals surface area contributed by atoms with Crippen molar-refractivity contribution in [3.05, 3.63) is 65.5 Å². The molecule has 1 aliphatic carbocycles. The second-order valence-electron chi connectivity index (χ2n) is 9.49. The Kier molecular flexibility index (Phi) is 4.92. The Labute approximate surface area is 180 Å². The van der Waals surface area contributed by atoms with Crippen molar-refractivity contribution in [3.63, 3.8) is 0 Å². The molecule has 1 aliphatic heterocycles. The van der Waals surface area contributed by atoms with Gasteiger partial charge in [-0.05, 0) is 42.7 Å². The molecule has 2 unspecified atom stereocenters. The lowest BCUT2D eigenvalue weighted by Crippen LogP contribution is -2.22. The first-order valence-corrected chi connectivity index (χ1v) is 11.5. The molecule has 0 bridgehead atoms. The average Bonchev–Trinajstić information content (AvgIpc) is 3.37. The Balaban J connectivity index is 1.77. The first-order valence-electron chi connectivity index (χ1n) is 11.5. The molecular formula is C27H32N2O. The molecule has 0 spiro atoms. The third kappa shape index (κ3) is 3.07. The van der Waals surface area contributed by atoms with Crippen molar-refractivity contribution in [1.82, 2.24) is 9.55 Å². The molecule has 2 aliphatic rings. The van der Waals surface area contributed by atoms with Gasteiger partial charge in [-0.2, -0.15) is 0 Å². The largest absolute Gasteiger partial charge is 0.489 e. The van der Waals surface area contributed by atoms with Gasteiger partial charge in [-0.25, -0.2) is 4.98 Å². The van der Waals surface area contributed by atoms with E-state index in [-0.39, 0.29) is 0 Å². The van der Waals surface area contributed by atoms with E-state index in [1.165, 1.54) is 48.1 Å². The van der Waals surface area contributed by atoms with Crippen LogP contribution in [0.15, 0.2) is 48.8 Å². The molecule has 30 heavy (non-hydrogen) atoms. The molecule has 2 aromatic carbocycles. The number of rotatable bonds is 4. The first kappa shape index (κ1) is 19.4. The summed E-state index contributed by atoms with van der Waals surface area (Å²) in [6.07, 6.45) is 9.44. The van der Waals surface area contributed by atoms with Crippen LogP contribution < -0.4 is 4.74 Å². The standard InChI is InChI=1S/C27H32N2O/c1-17(2)21-16-22-20-12-8-9-13-23(20)30-26(22)24(18(3)4)25(21)29-15-14-28-27(29)19-10-6-5-7-11-19/h5-7,10-11,14-18,20,23H,8-9,12-13H2,1-4H3. The topological polar surface area (TPSA) is 27.1 Å². The minimum absolute atomic E-state index is 0.359. The highest BCUT2D eigenvalue weighted by Crippen LogP contribution is 2.52. The molecule has 1 aromatic heterocycles. The predicted octanol–water partition coefficient (Wildman–Crippen LogP) is 7.20. The number of hydrogen-bond donors (Lipinski definition) is 0. The van der Waals surface area contributed by atoms with E-state index in [0.29, 0.717) is 23.9 Å². The zero-order valence-electron chi connectivity index (χ0n) is 18.6. The molecule has 1 saturated carbocycles. The van der Waals surface area contributed by atoms with Crippen LogP contribution in [0.25, 0.3) is 17.1 Å². The quantitative estimate of drug-likeness (QED) is 0.463. The summed E-state index contributed by atoms with van der Waals surface area (Å²) >= 11 is 0. The summed E-state index contributed by atoms with van der Waals surface area (Å²) in [5.41, 5.74) is 6.62. The fourth-order valence-corrected chi connectivity index (χ4v) is 5.40. The van der Waals surface area contributed by atoms with E-state index in [1.807, 2.05) is 6.20 Å². The molecule has 2 heterocycles. The van der Waals surface area contributed by atoms with Gasteiger partial charge < -0.3 is 4.74 Å². The minimum Gasteiger partial charge on any atom is -0.489 e. The van der Waals surface area contributed by atoms with Gasteiger partial charge in [-0.3, -0.25) is 4.57 Å². The van der Waals surface area contributed by atoms with E-state index in [1.54, 1.807) is 0 Å². The Bertz CT molecular complexity index is 1050. The fourth-order valence-electron chi connectivity index (χ4n) is 5.40. The lowest BCUT2D eigenvalue weighted by Gasteiger charge is -2.25. The van der Waals surface area contributed by atoms with E-state index in [4.69, 9.17) is 9.72 Å². The molecular weight excluding hydrogens is 368 g/mol. The van der Waals surface area contributed by atoms with Gasteiger partial charge in [0.2, 0.25) is 0 Å². The normalized spacial score (nSPS) is 20.3. The third-order valence-corrected chi connectivity index (χ3v) is 6.83. The molecule has 2 atom stereocenters. The zero-order valence-corrected chi connectivity index (χ0v) is 18.6. The van der Waals surface area contributed by atoms with Crippen LogP contribution in [0.1, 0.15) is 87.8 Å². The van der Waals surface area contributed by atoms with Crippen LogP contribution in [0.5, 0.6) is 5.75 Å². The van der Waals surface area contributed by atoms with E-state index in [2.05, 4.69) is 74.9 Å². The number of aromatic nitrogens is 2. The van der Waals surface area contributed by atoms with Crippen molar-refractivity contribution < 1.29 is 4.74 Å². The summed E-state index contributed by atoms with van der Waals surface area (Å²) in [6.45, 7) is 9.21. The Morgan fingerprint density at radius 1 is 1.00 bits per heavy atom. The Morgan fingerprint density at radius 3 is 2.50 bits per heavy atom. The van der Waals surface area contributed by atoms with Gasteiger partial charge in [0, 0.05) is 35.0 Å². The van der Waals surface area contributed by atoms with Gasteiger partial charge in [0.1, 0.15) is 17.7 Å². The molecule has 3 heteroatoms. The maximum absolute atomic E-state index is 6.69. The second kappa shape index (κ2) is 7.61. The molecule has 0 N–H and O–H groups in total. The number of hydrogen-bond acceptors (Lipinski definition) is 2. The maximum atomic E-state index is 6.69. The van der Waals surface area contributed by atoms with Crippen molar-refractivity contribution in [2.45, 2.75) is 77.2 Å². The molecule has 5 rings (SSSR count). The van der Waals surface area contributed by atoms with Crippen LogP contribution in [0.3, 0.4) is 0 Å². The highest BCUT2D eigenvalue weighted by Gasteiger charge is 2.40. The minimum atomic E-state index is 0.359. The monoisotopic (exact) mass is 400 g/mol. The molecule has 1 fully saturated rings.